The van der Waals surface area contributed by atoms with Crippen molar-refractivity contribution in [2.24, 2.45) is 11.8 Å². The zero-order chi connectivity index (χ0) is 18.3. The lowest BCUT2D eigenvalue weighted by molar-refractivity contribution is 0.0940. The van der Waals surface area contributed by atoms with Gasteiger partial charge in [0.05, 0.1) is 5.52 Å². The van der Waals surface area contributed by atoms with E-state index in [1.165, 1.54) is 11.6 Å². The van der Waals surface area contributed by atoms with Crippen LogP contribution in [0.25, 0.3) is 10.9 Å². The standard InChI is InChI=1S/C21H25FN2O2/c1-12(2)24-21(25)26-17-9-13-7-15(8-14(13)10-17)18-5-6-23-20-4-3-16(22)11-19(18)20/h3-6,11-15,17H,7-10H2,1-2H3,(H,24,25)/t13-,14+,15?,17?. The lowest BCUT2D eigenvalue weighted by Crippen LogP contribution is -2.33. The Balaban J connectivity index is 1.44. The first kappa shape index (κ1) is 17.3. The molecule has 0 bridgehead atoms. The lowest BCUT2D eigenvalue weighted by atomic mass is 9.92. The topological polar surface area (TPSA) is 51.2 Å². The maximum Gasteiger partial charge on any atom is 0.407 e. The predicted octanol–water partition coefficient (Wildman–Crippen LogP) is 4.78. The van der Waals surface area contributed by atoms with Crippen molar-refractivity contribution in [3.63, 3.8) is 0 Å². The number of halogens is 1. The van der Waals surface area contributed by atoms with Crippen LogP contribution in [0.2, 0.25) is 0 Å². The van der Waals surface area contributed by atoms with Crippen molar-refractivity contribution in [1.29, 1.82) is 0 Å². The number of carbonyl (C=O) groups excluding carboxylic acids is 1. The fourth-order valence-corrected chi connectivity index (χ4v) is 4.83. The molecular weight excluding hydrogens is 331 g/mol. The first-order valence-corrected chi connectivity index (χ1v) is 9.51. The fraction of sp³-hybridized carbons (Fsp3) is 0.524. The number of alkyl carbamates (subject to hydrolysis) is 1. The lowest BCUT2D eigenvalue weighted by Gasteiger charge is -2.18. The molecule has 0 aliphatic heterocycles. The summed E-state index contributed by atoms with van der Waals surface area (Å²) in [6.45, 7) is 3.86. The van der Waals surface area contributed by atoms with Crippen molar-refractivity contribution in [3.05, 3.63) is 41.8 Å². The molecule has 1 amide bonds. The minimum absolute atomic E-state index is 0.0244. The minimum atomic E-state index is -0.308. The van der Waals surface area contributed by atoms with Crippen LogP contribution in [0, 0.1) is 17.7 Å². The summed E-state index contributed by atoms with van der Waals surface area (Å²) in [4.78, 5) is 16.2. The summed E-state index contributed by atoms with van der Waals surface area (Å²) < 4.78 is 19.3. The van der Waals surface area contributed by atoms with Crippen LogP contribution in [0.15, 0.2) is 30.5 Å². The Morgan fingerprint density at radius 2 is 1.92 bits per heavy atom. The van der Waals surface area contributed by atoms with Gasteiger partial charge in [-0.05, 0) is 87.1 Å². The SMILES string of the molecule is CC(C)NC(=O)OC1C[C@@H]2CC(c3ccnc4ccc(F)cc34)C[C@@H]2C1. The van der Waals surface area contributed by atoms with Crippen LogP contribution in [-0.2, 0) is 4.74 Å². The number of nitrogens with one attached hydrogen (secondary N) is 1. The first-order chi connectivity index (χ1) is 12.5. The quantitative estimate of drug-likeness (QED) is 0.861. The molecule has 2 aliphatic carbocycles. The summed E-state index contributed by atoms with van der Waals surface area (Å²) in [5.41, 5.74) is 2.06. The Morgan fingerprint density at radius 3 is 2.62 bits per heavy atom. The molecule has 1 N–H and O–H groups in total. The molecule has 0 spiro atoms. The highest BCUT2D eigenvalue weighted by Crippen LogP contribution is 2.52. The first-order valence-electron chi connectivity index (χ1n) is 9.51. The van der Waals surface area contributed by atoms with Gasteiger partial charge in [0.2, 0.25) is 0 Å². The van der Waals surface area contributed by atoms with Gasteiger partial charge in [0.15, 0.2) is 0 Å². The van der Waals surface area contributed by atoms with Gasteiger partial charge in [-0.2, -0.15) is 0 Å². The van der Waals surface area contributed by atoms with E-state index >= 15 is 0 Å². The molecule has 0 radical (unpaired) electrons. The molecule has 26 heavy (non-hydrogen) atoms. The molecule has 2 aromatic rings. The van der Waals surface area contributed by atoms with Crippen LogP contribution < -0.4 is 5.32 Å². The van der Waals surface area contributed by atoms with Gasteiger partial charge in [-0.3, -0.25) is 4.98 Å². The van der Waals surface area contributed by atoms with E-state index in [1.54, 1.807) is 12.1 Å². The molecule has 4 atom stereocenters. The van der Waals surface area contributed by atoms with E-state index in [4.69, 9.17) is 4.74 Å². The summed E-state index contributed by atoms with van der Waals surface area (Å²) in [6, 6.07) is 6.95. The second-order valence-electron chi connectivity index (χ2n) is 8.05. The maximum atomic E-state index is 13.7. The Morgan fingerprint density at radius 1 is 1.19 bits per heavy atom. The highest BCUT2D eigenvalue weighted by atomic mass is 19.1. The molecule has 1 aromatic carbocycles. The average molecular weight is 356 g/mol. The third-order valence-electron chi connectivity index (χ3n) is 5.83. The molecule has 5 heteroatoms. The van der Waals surface area contributed by atoms with E-state index in [0.29, 0.717) is 17.8 Å². The molecule has 0 saturated heterocycles. The minimum Gasteiger partial charge on any atom is -0.446 e. The number of pyridine rings is 1. The number of hydrogen-bond acceptors (Lipinski definition) is 3. The Labute approximate surface area is 153 Å². The number of amides is 1. The molecule has 1 aromatic heterocycles. The largest absolute Gasteiger partial charge is 0.446 e. The third kappa shape index (κ3) is 3.39. The molecule has 2 aliphatic rings. The van der Waals surface area contributed by atoms with Crippen LogP contribution in [0.1, 0.15) is 51.0 Å². The van der Waals surface area contributed by atoms with Crippen LogP contribution >= 0.6 is 0 Å². The van der Waals surface area contributed by atoms with Gasteiger partial charge in [0.25, 0.3) is 0 Å². The van der Waals surface area contributed by atoms with Crippen molar-refractivity contribution < 1.29 is 13.9 Å². The number of rotatable bonds is 3. The van der Waals surface area contributed by atoms with Gasteiger partial charge in [-0.15, -0.1) is 0 Å². The highest BCUT2D eigenvalue weighted by Gasteiger charge is 2.43. The Kier molecular flexibility index (Phi) is 4.55. The van der Waals surface area contributed by atoms with E-state index in [2.05, 4.69) is 10.3 Å². The van der Waals surface area contributed by atoms with Crippen molar-refractivity contribution in [1.82, 2.24) is 10.3 Å². The van der Waals surface area contributed by atoms with Crippen molar-refractivity contribution in [2.75, 3.05) is 0 Å². The van der Waals surface area contributed by atoms with Gasteiger partial charge >= 0.3 is 6.09 Å². The summed E-state index contributed by atoms with van der Waals surface area (Å²) in [6.07, 6.45) is 5.56. The van der Waals surface area contributed by atoms with Crippen molar-refractivity contribution in [3.8, 4) is 0 Å². The number of aromatic nitrogens is 1. The molecule has 1 heterocycles. The van der Waals surface area contributed by atoms with Gasteiger partial charge in [-0.1, -0.05) is 0 Å². The number of ether oxygens (including phenoxy) is 1. The zero-order valence-electron chi connectivity index (χ0n) is 15.2. The summed E-state index contributed by atoms with van der Waals surface area (Å²) in [7, 11) is 0. The zero-order valence-corrected chi connectivity index (χ0v) is 15.2. The Bertz CT molecular complexity index is 809. The summed E-state index contributed by atoms with van der Waals surface area (Å²) in [5, 5.41) is 3.72. The van der Waals surface area contributed by atoms with Crippen molar-refractivity contribution >= 4 is 17.0 Å². The molecule has 4 rings (SSSR count). The second-order valence-corrected chi connectivity index (χ2v) is 8.05. The summed E-state index contributed by atoms with van der Waals surface area (Å²) >= 11 is 0. The van der Waals surface area contributed by atoms with E-state index < -0.39 is 0 Å². The second kappa shape index (κ2) is 6.86. The van der Waals surface area contributed by atoms with Crippen LogP contribution in [0.4, 0.5) is 9.18 Å². The third-order valence-corrected chi connectivity index (χ3v) is 5.83. The van der Waals surface area contributed by atoms with Crippen LogP contribution in [0.3, 0.4) is 0 Å². The molecule has 4 nitrogen and oxygen atoms in total. The molecule has 138 valence electrons. The normalized spacial score (nSPS) is 27.7. The molecule has 2 fully saturated rings. The van der Waals surface area contributed by atoms with E-state index in [-0.39, 0.29) is 24.1 Å². The smallest absolute Gasteiger partial charge is 0.407 e. The van der Waals surface area contributed by atoms with E-state index in [0.717, 1.165) is 36.6 Å². The van der Waals surface area contributed by atoms with E-state index in [9.17, 15) is 9.18 Å². The van der Waals surface area contributed by atoms with Gasteiger partial charge in [0, 0.05) is 17.6 Å². The van der Waals surface area contributed by atoms with Gasteiger partial charge in [-0.25, -0.2) is 9.18 Å². The van der Waals surface area contributed by atoms with E-state index in [1.807, 2.05) is 26.1 Å². The van der Waals surface area contributed by atoms with Gasteiger partial charge < -0.3 is 10.1 Å². The number of fused-ring (bicyclic) bond motifs is 2. The molecule has 2 unspecified atom stereocenters. The maximum absolute atomic E-state index is 13.7. The molecule has 2 saturated carbocycles. The van der Waals surface area contributed by atoms with Crippen molar-refractivity contribution in [2.45, 2.75) is 57.6 Å². The van der Waals surface area contributed by atoms with Crippen LogP contribution in [-0.4, -0.2) is 23.2 Å². The highest BCUT2D eigenvalue weighted by molar-refractivity contribution is 5.82. The number of nitrogens with zero attached hydrogens (tertiary/aromatic N) is 1. The van der Waals surface area contributed by atoms with Gasteiger partial charge in [0.1, 0.15) is 11.9 Å². The number of benzene rings is 1. The fourth-order valence-electron chi connectivity index (χ4n) is 4.83. The Hall–Kier alpha value is -2.17. The summed E-state index contributed by atoms with van der Waals surface area (Å²) in [5.74, 6) is 1.37. The monoisotopic (exact) mass is 356 g/mol. The number of hydrogen-bond donors (Lipinski definition) is 1. The molecular formula is C21H25FN2O2. The number of carbonyl (C=O) groups is 1. The predicted molar refractivity (Wildman–Crippen MR) is 98.4 cm³/mol. The average Bonchev–Trinajstić information content (AvgIpc) is 3.11. The van der Waals surface area contributed by atoms with Crippen LogP contribution in [0.5, 0.6) is 0 Å².